The molecule has 0 spiro atoms. The summed E-state index contributed by atoms with van der Waals surface area (Å²) in [5, 5.41) is 11.8. The number of rotatable bonds is 5. The molecule has 5 heteroatoms. The molecule has 0 aromatic carbocycles. The second kappa shape index (κ2) is 5.10. The lowest BCUT2D eigenvalue weighted by atomic mass is 10.5. The molecule has 0 bridgehead atoms. The number of amides is 1. The van der Waals surface area contributed by atoms with E-state index in [1.807, 2.05) is 0 Å². The Balaban J connectivity index is 2.22. The number of carbonyl (C=O) groups is 1. The fourth-order valence-electron chi connectivity index (χ4n) is 0.812. The molecule has 0 aliphatic heterocycles. The van der Waals surface area contributed by atoms with E-state index in [4.69, 9.17) is 0 Å². The SMILES string of the molecule is C=CCNCC(=O)Nc1cn[nH]c1. The lowest BCUT2D eigenvalue weighted by Gasteiger charge is -2.01. The van der Waals surface area contributed by atoms with Crippen LogP contribution in [0.25, 0.3) is 0 Å². The maximum absolute atomic E-state index is 11.1. The summed E-state index contributed by atoms with van der Waals surface area (Å²) >= 11 is 0. The van der Waals surface area contributed by atoms with Gasteiger partial charge in [0, 0.05) is 12.7 Å². The van der Waals surface area contributed by atoms with E-state index in [1.165, 1.54) is 0 Å². The standard InChI is InChI=1S/C8H12N4O/c1-2-3-9-6-8(13)12-7-4-10-11-5-7/h2,4-5,9H,1,3,6H2,(H,10,11)(H,12,13). The van der Waals surface area contributed by atoms with E-state index < -0.39 is 0 Å². The number of hydrogen-bond donors (Lipinski definition) is 3. The minimum atomic E-state index is -0.0942. The highest BCUT2D eigenvalue weighted by Gasteiger charge is 2.00. The molecule has 0 aliphatic rings. The van der Waals surface area contributed by atoms with Crippen molar-refractivity contribution in [3.05, 3.63) is 25.0 Å². The molecule has 0 saturated carbocycles. The van der Waals surface area contributed by atoms with Gasteiger partial charge in [-0.05, 0) is 0 Å². The molecule has 3 N–H and O–H groups in total. The fraction of sp³-hybridized carbons (Fsp3) is 0.250. The van der Waals surface area contributed by atoms with E-state index in [0.29, 0.717) is 12.2 Å². The van der Waals surface area contributed by atoms with Gasteiger partial charge in [-0.15, -0.1) is 6.58 Å². The van der Waals surface area contributed by atoms with Crippen LogP contribution in [-0.2, 0) is 4.79 Å². The van der Waals surface area contributed by atoms with Gasteiger partial charge in [0.15, 0.2) is 0 Å². The molecule has 1 aromatic rings. The van der Waals surface area contributed by atoms with Crippen molar-refractivity contribution in [2.75, 3.05) is 18.4 Å². The molecule has 0 saturated heterocycles. The van der Waals surface area contributed by atoms with Crippen molar-refractivity contribution >= 4 is 11.6 Å². The molecule has 1 aromatic heterocycles. The molecule has 0 aliphatic carbocycles. The van der Waals surface area contributed by atoms with Gasteiger partial charge in [0.2, 0.25) is 5.91 Å². The van der Waals surface area contributed by atoms with Crippen molar-refractivity contribution in [3.63, 3.8) is 0 Å². The highest BCUT2D eigenvalue weighted by molar-refractivity contribution is 5.91. The van der Waals surface area contributed by atoms with Crippen molar-refractivity contribution < 1.29 is 4.79 Å². The Morgan fingerprint density at radius 1 is 1.77 bits per heavy atom. The van der Waals surface area contributed by atoms with Crippen LogP contribution < -0.4 is 10.6 Å². The van der Waals surface area contributed by atoms with E-state index in [1.54, 1.807) is 18.5 Å². The molecule has 70 valence electrons. The van der Waals surface area contributed by atoms with Gasteiger partial charge in [0.25, 0.3) is 0 Å². The zero-order valence-electron chi connectivity index (χ0n) is 7.21. The average molecular weight is 180 g/mol. The monoisotopic (exact) mass is 180 g/mol. The molecule has 1 rings (SSSR count). The van der Waals surface area contributed by atoms with Crippen LogP contribution in [0.5, 0.6) is 0 Å². The van der Waals surface area contributed by atoms with Gasteiger partial charge in [-0.25, -0.2) is 0 Å². The van der Waals surface area contributed by atoms with Crippen LogP contribution in [0.3, 0.4) is 0 Å². The van der Waals surface area contributed by atoms with Crippen LogP contribution in [0.4, 0.5) is 5.69 Å². The Labute approximate surface area is 76.2 Å². The van der Waals surface area contributed by atoms with Crippen molar-refractivity contribution in [3.8, 4) is 0 Å². The average Bonchev–Trinajstić information content (AvgIpc) is 2.57. The van der Waals surface area contributed by atoms with E-state index in [0.717, 1.165) is 0 Å². The summed E-state index contributed by atoms with van der Waals surface area (Å²) in [5.74, 6) is -0.0942. The Hall–Kier alpha value is -1.62. The summed E-state index contributed by atoms with van der Waals surface area (Å²) < 4.78 is 0. The Bertz CT molecular complexity index is 268. The van der Waals surface area contributed by atoms with Gasteiger partial charge in [-0.3, -0.25) is 9.89 Å². The quantitative estimate of drug-likeness (QED) is 0.445. The van der Waals surface area contributed by atoms with E-state index in [2.05, 4.69) is 27.4 Å². The molecular weight excluding hydrogens is 168 g/mol. The lowest BCUT2D eigenvalue weighted by molar-refractivity contribution is -0.115. The normalized spacial score (nSPS) is 9.54. The molecule has 5 nitrogen and oxygen atoms in total. The molecular formula is C8H12N4O. The number of H-pyrrole nitrogens is 1. The highest BCUT2D eigenvalue weighted by atomic mass is 16.1. The van der Waals surface area contributed by atoms with Gasteiger partial charge < -0.3 is 10.6 Å². The molecule has 1 amide bonds. The predicted molar refractivity (Wildman–Crippen MR) is 50.3 cm³/mol. The number of aromatic nitrogens is 2. The Morgan fingerprint density at radius 3 is 3.23 bits per heavy atom. The van der Waals surface area contributed by atoms with E-state index in [9.17, 15) is 4.79 Å². The van der Waals surface area contributed by atoms with Crippen LogP contribution in [-0.4, -0.2) is 29.2 Å². The predicted octanol–water partition coefficient (Wildman–Crippen LogP) is 0.124. The summed E-state index contributed by atoms with van der Waals surface area (Å²) in [7, 11) is 0. The van der Waals surface area contributed by atoms with Crippen molar-refractivity contribution in [2.45, 2.75) is 0 Å². The summed E-state index contributed by atoms with van der Waals surface area (Å²) in [5.41, 5.74) is 0.672. The third-order valence-corrected chi connectivity index (χ3v) is 1.36. The largest absolute Gasteiger partial charge is 0.322 e. The maximum atomic E-state index is 11.1. The first-order valence-electron chi connectivity index (χ1n) is 3.93. The zero-order valence-corrected chi connectivity index (χ0v) is 7.21. The summed E-state index contributed by atoms with van der Waals surface area (Å²) in [6, 6.07) is 0. The van der Waals surface area contributed by atoms with E-state index >= 15 is 0 Å². The van der Waals surface area contributed by atoms with Crippen molar-refractivity contribution in [1.82, 2.24) is 15.5 Å². The number of aromatic amines is 1. The van der Waals surface area contributed by atoms with Gasteiger partial charge in [0.1, 0.15) is 0 Å². The second-order valence-electron chi connectivity index (χ2n) is 2.45. The Morgan fingerprint density at radius 2 is 2.62 bits per heavy atom. The number of anilines is 1. The maximum Gasteiger partial charge on any atom is 0.238 e. The minimum Gasteiger partial charge on any atom is -0.322 e. The van der Waals surface area contributed by atoms with Crippen LogP contribution in [0.1, 0.15) is 0 Å². The lowest BCUT2D eigenvalue weighted by Crippen LogP contribution is -2.27. The molecule has 0 fully saturated rings. The van der Waals surface area contributed by atoms with Crippen LogP contribution in [0.15, 0.2) is 25.0 Å². The second-order valence-corrected chi connectivity index (χ2v) is 2.45. The summed E-state index contributed by atoms with van der Waals surface area (Å²) in [6.07, 6.45) is 4.86. The fourth-order valence-corrected chi connectivity index (χ4v) is 0.812. The molecule has 0 unspecified atom stereocenters. The van der Waals surface area contributed by atoms with Gasteiger partial charge >= 0.3 is 0 Å². The summed E-state index contributed by atoms with van der Waals surface area (Å²) in [6.45, 7) is 4.42. The topological polar surface area (TPSA) is 69.8 Å². The van der Waals surface area contributed by atoms with Crippen molar-refractivity contribution in [1.29, 1.82) is 0 Å². The summed E-state index contributed by atoms with van der Waals surface area (Å²) in [4.78, 5) is 11.1. The third kappa shape index (κ3) is 3.53. The van der Waals surface area contributed by atoms with Crippen molar-refractivity contribution in [2.24, 2.45) is 0 Å². The number of nitrogens with zero attached hydrogens (tertiary/aromatic N) is 1. The number of nitrogens with one attached hydrogen (secondary N) is 3. The van der Waals surface area contributed by atoms with Gasteiger partial charge in [0.05, 0.1) is 18.4 Å². The first-order chi connectivity index (χ1) is 6.33. The molecule has 0 atom stereocenters. The number of carbonyl (C=O) groups excluding carboxylic acids is 1. The zero-order chi connectivity index (χ0) is 9.52. The minimum absolute atomic E-state index is 0.0942. The smallest absolute Gasteiger partial charge is 0.238 e. The first kappa shape index (κ1) is 9.47. The third-order valence-electron chi connectivity index (χ3n) is 1.36. The van der Waals surface area contributed by atoms with Crippen LogP contribution >= 0.6 is 0 Å². The van der Waals surface area contributed by atoms with Gasteiger partial charge in [-0.2, -0.15) is 5.10 Å². The van der Waals surface area contributed by atoms with Crippen LogP contribution in [0, 0.1) is 0 Å². The Kier molecular flexibility index (Phi) is 3.72. The molecule has 0 radical (unpaired) electrons. The van der Waals surface area contributed by atoms with Crippen LogP contribution in [0.2, 0.25) is 0 Å². The first-order valence-corrected chi connectivity index (χ1v) is 3.93. The van der Waals surface area contributed by atoms with Gasteiger partial charge in [-0.1, -0.05) is 6.08 Å². The molecule has 1 heterocycles. The number of hydrogen-bond acceptors (Lipinski definition) is 3. The molecule has 13 heavy (non-hydrogen) atoms. The van der Waals surface area contributed by atoms with E-state index in [-0.39, 0.29) is 12.5 Å². The highest BCUT2D eigenvalue weighted by Crippen LogP contribution is 1.99.